The van der Waals surface area contributed by atoms with E-state index in [1.165, 1.54) is 5.56 Å². The maximum absolute atomic E-state index is 3.98. The highest BCUT2D eigenvalue weighted by atomic mass is 32.2. The van der Waals surface area contributed by atoms with Crippen molar-refractivity contribution in [3.05, 3.63) is 41.7 Å². The van der Waals surface area contributed by atoms with Gasteiger partial charge in [0.1, 0.15) is 0 Å². The van der Waals surface area contributed by atoms with Crippen LogP contribution in [0.2, 0.25) is 0 Å². The zero-order valence-electron chi connectivity index (χ0n) is 6.68. The first-order chi connectivity index (χ1) is 5.95. The summed E-state index contributed by atoms with van der Waals surface area (Å²) in [6.45, 7) is 0.992. The number of hydrogen-bond acceptors (Lipinski definition) is 3. The fourth-order valence-electron chi connectivity index (χ4n) is 1.13. The first-order valence-electron chi connectivity index (χ1n) is 3.86. The van der Waals surface area contributed by atoms with Gasteiger partial charge in [0.2, 0.25) is 0 Å². The topological polar surface area (TPSA) is 16.1 Å². The number of pyridine rings is 1. The van der Waals surface area contributed by atoms with E-state index >= 15 is 0 Å². The lowest BCUT2D eigenvalue weighted by molar-refractivity contribution is 0.441. The molecule has 2 rings (SSSR count). The SMILES string of the molecule is C1=CN(Cc2ccncc2)CS1. The van der Waals surface area contributed by atoms with E-state index < -0.39 is 0 Å². The molecule has 1 aliphatic heterocycles. The minimum Gasteiger partial charge on any atom is -0.363 e. The molecule has 0 amide bonds. The third kappa shape index (κ3) is 1.80. The zero-order valence-corrected chi connectivity index (χ0v) is 7.50. The number of nitrogens with zero attached hydrogens (tertiary/aromatic N) is 2. The van der Waals surface area contributed by atoms with E-state index in [9.17, 15) is 0 Å². The van der Waals surface area contributed by atoms with Crippen molar-refractivity contribution in [2.45, 2.75) is 6.54 Å². The van der Waals surface area contributed by atoms with Gasteiger partial charge in [-0.15, -0.1) is 11.8 Å². The van der Waals surface area contributed by atoms with Gasteiger partial charge in [-0.1, -0.05) is 0 Å². The standard InChI is InChI=1S/C9H10N2S/c1-3-10-4-2-9(1)7-11-5-6-12-8-11/h1-6H,7-8H2. The fraction of sp³-hybridized carbons (Fsp3) is 0.222. The predicted octanol–water partition coefficient (Wildman–Crippen LogP) is 2.06. The summed E-state index contributed by atoms with van der Waals surface area (Å²) in [5.41, 5.74) is 1.32. The number of hydrogen-bond donors (Lipinski definition) is 0. The Morgan fingerprint density at radius 3 is 2.92 bits per heavy atom. The molecule has 1 aromatic heterocycles. The van der Waals surface area contributed by atoms with Gasteiger partial charge in [-0.05, 0) is 23.1 Å². The fourth-order valence-corrected chi connectivity index (χ4v) is 1.85. The second-order valence-electron chi connectivity index (χ2n) is 2.68. The van der Waals surface area contributed by atoms with Gasteiger partial charge in [-0.25, -0.2) is 0 Å². The summed E-state index contributed by atoms with van der Waals surface area (Å²) in [4.78, 5) is 6.26. The number of aromatic nitrogens is 1. The molecule has 1 aliphatic rings. The molecule has 0 fully saturated rings. The highest BCUT2D eigenvalue weighted by molar-refractivity contribution is 8.02. The van der Waals surface area contributed by atoms with E-state index in [1.807, 2.05) is 24.2 Å². The van der Waals surface area contributed by atoms with Gasteiger partial charge in [0, 0.05) is 25.1 Å². The molecule has 0 saturated carbocycles. The lowest BCUT2D eigenvalue weighted by Crippen LogP contribution is -2.12. The Kier molecular flexibility index (Phi) is 2.32. The van der Waals surface area contributed by atoms with Crippen molar-refractivity contribution in [3.8, 4) is 0 Å². The van der Waals surface area contributed by atoms with Gasteiger partial charge in [0.25, 0.3) is 0 Å². The first kappa shape index (κ1) is 7.68. The molecular weight excluding hydrogens is 168 g/mol. The van der Waals surface area contributed by atoms with Crippen molar-refractivity contribution in [2.75, 3.05) is 5.88 Å². The normalized spacial score (nSPS) is 15.5. The largest absolute Gasteiger partial charge is 0.363 e. The average molecular weight is 178 g/mol. The average Bonchev–Trinajstić information content (AvgIpc) is 2.59. The van der Waals surface area contributed by atoms with Crippen molar-refractivity contribution in [2.24, 2.45) is 0 Å². The van der Waals surface area contributed by atoms with Gasteiger partial charge < -0.3 is 4.90 Å². The quantitative estimate of drug-likeness (QED) is 0.689. The lowest BCUT2D eigenvalue weighted by Gasteiger charge is -2.13. The van der Waals surface area contributed by atoms with Gasteiger partial charge in [-0.2, -0.15) is 0 Å². The lowest BCUT2D eigenvalue weighted by atomic mass is 10.2. The summed E-state index contributed by atoms with van der Waals surface area (Å²) in [5.74, 6) is 1.07. The van der Waals surface area contributed by atoms with E-state index in [4.69, 9.17) is 0 Å². The van der Waals surface area contributed by atoms with E-state index in [0.717, 1.165) is 12.4 Å². The van der Waals surface area contributed by atoms with Gasteiger partial charge in [0.05, 0.1) is 5.88 Å². The highest BCUT2D eigenvalue weighted by Crippen LogP contribution is 2.17. The molecule has 0 bridgehead atoms. The van der Waals surface area contributed by atoms with Crippen LogP contribution in [0.3, 0.4) is 0 Å². The van der Waals surface area contributed by atoms with Crippen molar-refractivity contribution in [1.29, 1.82) is 0 Å². The maximum Gasteiger partial charge on any atom is 0.0678 e. The third-order valence-corrected chi connectivity index (χ3v) is 2.54. The van der Waals surface area contributed by atoms with E-state index in [2.05, 4.69) is 33.6 Å². The Morgan fingerprint density at radius 1 is 1.42 bits per heavy atom. The molecule has 0 atom stereocenters. The third-order valence-electron chi connectivity index (χ3n) is 1.74. The Balaban J connectivity index is 1.99. The Morgan fingerprint density at radius 2 is 2.25 bits per heavy atom. The molecule has 0 radical (unpaired) electrons. The molecule has 2 nitrogen and oxygen atoms in total. The van der Waals surface area contributed by atoms with Crippen LogP contribution in [0.15, 0.2) is 36.1 Å². The van der Waals surface area contributed by atoms with Crippen LogP contribution in [-0.4, -0.2) is 15.8 Å². The van der Waals surface area contributed by atoms with Crippen LogP contribution in [0.5, 0.6) is 0 Å². The predicted molar refractivity (Wildman–Crippen MR) is 51.4 cm³/mol. The summed E-state index contributed by atoms with van der Waals surface area (Å²) in [6.07, 6.45) is 5.80. The Hall–Kier alpha value is -0.960. The molecule has 2 heterocycles. The number of rotatable bonds is 2. The maximum atomic E-state index is 3.98. The minimum absolute atomic E-state index is 0.992. The molecule has 12 heavy (non-hydrogen) atoms. The zero-order chi connectivity index (χ0) is 8.23. The summed E-state index contributed by atoms with van der Waals surface area (Å²) in [6, 6.07) is 4.10. The Bertz CT molecular complexity index is 271. The summed E-state index contributed by atoms with van der Waals surface area (Å²) in [5, 5.41) is 2.13. The van der Waals surface area contributed by atoms with E-state index in [1.54, 1.807) is 0 Å². The van der Waals surface area contributed by atoms with Gasteiger partial charge >= 0.3 is 0 Å². The van der Waals surface area contributed by atoms with Crippen molar-refractivity contribution in [3.63, 3.8) is 0 Å². The summed E-state index contributed by atoms with van der Waals surface area (Å²) >= 11 is 1.83. The highest BCUT2D eigenvalue weighted by Gasteiger charge is 2.04. The van der Waals surface area contributed by atoms with Crippen molar-refractivity contribution in [1.82, 2.24) is 9.88 Å². The van der Waals surface area contributed by atoms with Crippen LogP contribution in [0.1, 0.15) is 5.56 Å². The molecule has 0 unspecified atom stereocenters. The smallest absolute Gasteiger partial charge is 0.0678 e. The molecule has 0 N–H and O–H groups in total. The summed E-state index contributed by atoms with van der Waals surface area (Å²) in [7, 11) is 0. The van der Waals surface area contributed by atoms with E-state index in [0.29, 0.717) is 0 Å². The molecular formula is C9H10N2S. The molecule has 3 heteroatoms. The number of thioether (sulfide) groups is 1. The molecule has 0 saturated heterocycles. The molecule has 62 valence electrons. The molecule has 0 spiro atoms. The van der Waals surface area contributed by atoms with Crippen LogP contribution in [0.4, 0.5) is 0 Å². The van der Waals surface area contributed by atoms with Crippen LogP contribution in [0, 0.1) is 0 Å². The first-order valence-corrected chi connectivity index (χ1v) is 4.91. The van der Waals surface area contributed by atoms with Crippen LogP contribution in [-0.2, 0) is 6.54 Å². The Labute approximate surface area is 76.3 Å². The van der Waals surface area contributed by atoms with Crippen LogP contribution >= 0.6 is 11.8 Å². The minimum atomic E-state index is 0.992. The van der Waals surface area contributed by atoms with Crippen molar-refractivity contribution < 1.29 is 0 Å². The molecule has 0 aliphatic carbocycles. The van der Waals surface area contributed by atoms with E-state index in [-0.39, 0.29) is 0 Å². The monoisotopic (exact) mass is 178 g/mol. The van der Waals surface area contributed by atoms with Gasteiger partial charge in [0.15, 0.2) is 0 Å². The molecule has 0 aromatic carbocycles. The van der Waals surface area contributed by atoms with Crippen LogP contribution in [0.25, 0.3) is 0 Å². The molecule has 1 aromatic rings. The van der Waals surface area contributed by atoms with Crippen molar-refractivity contribution >= 4 is 11.8 Å². The van der Waals surface area contributed by atoms with Gasteiger partial charge in [-0.3, -0.25) is 4.98 Å². The van der Waals surface area contributed by atoms with Crippen LogP contribution < -0.4 is 0 Å². The second-order valence-corrected chi connectivity index (χ2v) is 3.55. The second kappa shape index (κ2) is 3.63. The summed E-state index contributed by atoms with van der Waals surface area (Å²) < 4.78 is 0.